The molecule has 0 amide bonds. The van der Waals surface area contributed by atoms with E-state index in [0.29, 0.717) is 29.7 Å². The number of hydrogen-bond acceptors (Lipinski definition) is 5. The van der Waals surface area contributed by atoms with Crippen molar-refractivity contribution in [3.8, 4) is 17.1 Å². The van der Waals surface area contributed by atoms with Gasteiger partial charge in [-0.2, -0.15) is 5.10 Å². The van der Waals surface area contributed by atoms with Gasteiger partial charge in [-0.1, -0.05) is 6.07 Å². The first kappa shape index (κ1) is 12.2. The lowest BCUT2D eigenvalue weighted by Crippen LogP contribution is -1.98. The third kappa shape index (κ3) is 2.74. The van der Waals surface area contributed by atoms with E-state index in [2.05, 4.69) is 20.2 Å². The molecule has 0 radical (unpaired) electrons. The second-order valence-corrected chi connectivity index (χ2v) is 4.21. The van der Waals surface area contributed by atoms with Gasteiger partial charge in [-0.05, 0) is 24.3 Å². The van der Waals surface area contributed by atoms with E-state index in [9.17, 15) is 0 Å². The molecule has 0 spiro atoms. The van der Waals surface area contributed by atoms with Gasteiger partial charge >= 0.3 is 0 Å². The van der Waals surface area contributed by atoms with Gasteiger partial charge in [0.15, 0.2) is 11.6 Å². The van der Waals surface area contributed by atoms with Crippen LogP contribution in [0.3, 0.4) is 0 Å². The topological polar surface area (TPSA) is 89.7 Å². The first-order valence-corrected chi connectivity index (χ1v) is 6.11. The van der Waals surface area contributed by atoms with Gasteiger partial charge in [0.2, 0.25) is 0 Å². The van der Waals surface area contributed by atoms with E-state index < -0.39 is 0 Å². The Morgan fingerprint density at radius 3 is 2.95 bits per heavy atom. The predicted molar refractivity (Wildman–Crippen MR) is 74.8 cm³/mol. The van der Waals surface area contributed by atoms with Crippen LogP contribution in [0.25, 0.3) is 11.4 Å². The number of aromatic nitrogens is 4. The summed E-state index contributed by atoms with van der Waals surface area (Å²) >= 11 is 0. The summed E-state index contributed by atoms with van der Waals surface area (Å²) in [6.07, 6.45) is 3.42. The molecule has 0 aliphatic heterocycles. The molecule has 0 bridgehead atoms. The fourth-order valence-electron chi connectivity index (χ4n) is 1.74. The molecular formula is C14H13N5O. The summed E-state index contributed by atoms with van der Waals surface area (Å²) in [4.78, 5) is 8.39. The van der Waals surface area contributed by atoms with Crippen molar-refractivity contribution in [1.82, 2.24) is 20.2 Å². The number of hydrogen-bond donors (Lipinski definition) is 2. The molecule has 2 heterocycles. The molecule has 3 aromatic rings. The van der Waals surface area contributed by atoms with Crippen LogP contribution in [0.4, 0.5) is 5.69 Å². The molecule has 1 aromatic carbocycles. The van der Waals surface area contributed by atoms with Gasteiger partial charge < -0.3 is 10.5 Å². The predicted octanol–water partition coefficient (Wildman–Crippen LogP) is 2.03. The zero-order valence-electron chi connectivity index (χ0n) is 10.7. The molecule has 100 valence electrons. The van der Waals surface area contributed by atoms with Crippen molar-refractivity contribution in [2.75, 3.05) is 5.73 Å². The van der Waals surface area contributed by atoms with Gasteiger partial charge in [-0.15, -0.1) is 0 Å². The molecule has 0 saturated heterocycles. The second kappa shape index (κ2) is 5.40. The molecule has 3 N–H and O–H groups in total. The van der Waals surface area contributed by atoms with Crippen molar-refractivity contribution in [3.05, 3.63) is 54.6 Å². The lowest BCUT2D eigenvalue weighted by atomic mass is 10.3. The van der Waals surface area contributed by atoms with E-state index in [4.69, 9.17) is 10.5 Å². The number of H-pyrrole nitrogens is 1. The third-order valence-corrected chi connectivity index (χ3v) is 2.69. The Balaban J connectivity index is 1.69. The number of pyridine rings is 1. The second-order valence-electron chi connectivity index (χ2n) is 4.21. The van der Waals surface area contributed by atoms with E-state index in [1.54, 1.807) is 18.5 Å². The monoisotopic (exact) mass is 267 g/mol. The minimum Gasteiger partial charge on any atom is -0.486 e. The molecule has 0 aliphatic carbocycles. The van der Waals surface area contributed by atoms with Crippen molar-refractivity contribution >= 4 is 5.69 Å². The van der Waals surface area contributed by atoms with Crippen LogP contribution in [-0.2, 0) is 6.61 Å². The highest BCUT2D eigenvalue weighted by molar-refractivity contribution is 5.52. The molecule has 3 rings (SSSR count). The van der Waals surface area contributed by atoms with Gasteiger partial charge in [-0.3, -0.25) is 10.1 Å². The summed E-state index contributed by atoms with van der Waals surface area (Å²) in [5.41, 5.74) is 7.21. The van der Waals surface area contributed by atoms with Crippen LogP contribution in [0, 0.1) is 0 Å². The minimum absolute atomic E-state index is 0.302. The average molecular weight is 267 g/mol. The number of nitrogens with one attached hydrogen (secondary N) is 1. The number of anilines is 1. The van der Waals surface area contributed by atoms with Crippen LogP contribution in [-0.4, -0.2) is 20.2 Å². The Morgan fingerprint density at radius 2 is 2.15 bits per heavy atom. The molecule has 6 heteroatoms. The SMILES string of the molecule is Nc1cccc(OCc2nc(-c3cccnc3)n[nH]2)c1. The van der Waals surface area contributed by atoms with E-state index in [0.717, 1.165) is 5.56 Å². The number of nitrogens with zero attached hydrogens (tertiary/aromatic N) is 3. The van der Waals surface area contributed by atoms with Gasteiger partial charge in [0.05, 0.1) is 0 Å². The summed E-state index contributed by atoms with van der Waals surface area (Å²) in [7, 11) is 0. The van der Waals surface area contributed by atoms with Crippen LogP contribution in [0.2, 0.25) is 0 Å². The standard InChI is InChI=1S/C14H13N5O/c15-11-4-1-5-12(7-11)20-9-13-17-14(19-18-13)10-3-2-6-16-8-10/h1-8H,9,15H2,(H,17,18,19). The fraction of sp³-hybridized carbons (Fsp3) is 0.0714. The maximum atomic E-state index is 5.68. The van der Waals surface area contributed by atoms with E-state index in [-0.39, 0.29) is 0 Å². The zero-order chi connectivity index (χ0) is 13.8. The number of benzene rings is 1. The number of aromatic amines is 1. The molecule has 0 fully saturated rings. The Labute approximate surface area is 115 Å². The molecule has 0 aliphatic rings. The van der Waals surface area contributed by atoms with E-state index >= 15 is 0 Å². The van der Waals surface area contributed by atoms with Gasteiger partial charge in [0.25, 0.3) is 0 Å². The highest BCUT2D eigenvalue weighted by atomic mass is 16.5. The zero-order valence-corrected chi connectivity index (χ0v) is 10.7. The minimum atomic E-state index is 0.302. The van der Waals surface area contributed by atoms with Crippen LogP contribution in [0.1, 0.15) is 5.82 Å². The number of rotatable bonds is 4. The van der Waals surface area contributed by atoms with Crippen molar-refractivity contribution < 1.29 is 4.74 Å². The highest BCUT2D eigenvalue weighted by Crippen LogP contribution is 2.16. The highest BCUT2D eigenvalue weighted by Gasteiger charge is 2.06. The summed E-state index contributed by atoms with van der Waals surface area (Å²) in [6.45, 7) is 0.302. The van der Waals surface area contributed by atoms with Gasteiger partial charge in [0, 0.05) is 29.7 Å². The van der Waals surface area contributed by atoms with Crippen LogP contribution in [0.15, 0.2) is 48.8 Å². The Kier molecular flexibility index (Phi) is 3.28. The molecule has 2 aromatic heterocycles. The van der Waals surface area contributed by atoms with Crippen LogP contribution < -0.4 is 10.5 Å². The molecule has 0 atom stereocenters. The van der Waals surface area contributed by atoms with Crippen LogP contribution in [0.5, 0.6) is 5.75 Å². The molecule has 0 unspecified atom stereocenters. The Hall–Kier alpha value is -2.89. The van der Waals surface area contributed by atoms with Gasteiger partial charge in [0.1, 0.15) is 12.4 Å². The summed E-state index contributed by atoms with van der Waals surface area (Å²) < 4.78 is 5.59. The van der Waals surface area contributed by atoms with Crippen molar-refractivity contribution in [2.45, 2.75) is 6.61 Å². The van der Waals surface area contributed by atoms with Crippen molar-refractivity contribution in [1.29, 1.82) is 0 Å². The third-order valence-electron chi connectivity index (χ3n) is 2.69. The fourth-order valence-corrected chi connectivity index (χ4v) is 1.74. The van der Waals surface area contributed by atoms with Crippen molar-refractivity contribution in [3.63, 3.8) is 0 Å². The van der Waals surface area contributed by atoms with Gasteiger partial charge in [-0.25, -0.2) is 4.98 Å². The molecule has 6 nitrogen and oxygen atoms in total. The Morgan fingerprint density at radius 1 is 1.20 bits per heavy atom. The average Bonchev–Trinajstić information content (AvgIpc) is 2.95. The summed E-state index contributed by atoms with van der Waals surface area (Å²) in [5.74, 6) is 1.94. The largest absolute Gasteiger partial charge is 0.486 e. The number of nitrogen functional groups attached to an aromatic ring is 1. The van der Waals surface area contributed by atoms with Crippen LogP contribution >= 0.6 is 0 Å². The van der Waals surface area contributed by atoms with E-state index in [1.165, 1.54) is 0 Å². The first-order chi connectivity index (χ1) is 9.81. The maximum absolute atomic E-state index is 5.68. The number of ether oxygens (including phenoxy) is 1. The Bertz CT molecular complexity index is 696. The maximum Gasteiger partial charge on any atom is 0.182 e. The molecular weight excluding hydrogens is 254 g/mol. The van der Waals surface area contributed by atoms with Crippen molar-refractivity contribution in [2.24, 2.45) is 0 Å². The quantitative estimate of drug-likeness (QED) is 0.706. The first-order valence-electron chi connectivity index (χ1n) is 6.11. The summed E-state index contributed by atoms with van der Waals surface area (Å²) in [6, 6.07) is 11.0. The summed E-state index contributed by atoms with van der Waals surface area (Å²) in [5, 5.41) is 6.98. The van der Waals surface area contributed by atoms with E-state index in [1.807, 2.05) is 30.3 Å². The lowest BCUT2D eigenvalue weighted by molar-refractivity contribution is 0.296. The number of nitrogens with two attached hydrogens (primary N) is 1. The lowest BCUT2D eigenvalue weighted by Gasteiger charge is -2.03. The normalized spacial score (nSPS) is 10.4. The molecule has 0 saturated carbocycles. The smallest absolute Gasteiger partial charge is 0.182 e. The molecule has 20 heavy (non-hydrogen) atoms.